The standard InChI is InChI=1S/C21H30N6O4/c1-3-27-19-16(12-22-27)18(24-15-6-10-31-11-7-15)17(13(2)23-19)21(29)26-25-20(28)14-4-8-30-9-5-14/h12,14-15H,3-11H2,1-2H3,(H,23,24)(H,25,28)(H,26,29). The number of hydrogen-bond donors (Lipinski definition) is 3. The van der Waals surface area contributed by atoms with E-state index in [1.165, 1.54) is 0 Å². The van der Waals surface area contributed by atoms with E-state index >= 15 is 0 Å². The van der Waals surface area contributed by atoms with Crippen LogP contribution < -0.4 is 16.2 Å². The molecule has 0 saturated carbocycles. The Labute approximate surface area is 181 Å². The summed E-state index contributed by atoms with van der Waals surface area (Å²) in [6.07, 6.45) is 4.75. The minimum atomic E-state index is -0.397. The average molecular weight is 431 g/mol. The van der Waals surface area contributed by atoms with Gasteiger partial charge in [0.1, 0.15) is 0 Å². The third kappa shape index (κ3) is 4.64. The number of pyridine rings is 1. The number of aromatic nitrogens is 3. The topological polar surface area (TPSA) is 119 Å². The molecule has 0 unspecified atom stereocenters. The van der Waals surface area contributed by atoms with Crippen molar-refractivity contribution in [2.75, 3.05) is 31.7 Å². The number of carbonyl (C=O) groups excluding carboxylic acids is 2. The predicted molar refractivity (Wildman–Crippen MR) is 115 cm³/mol. The van der Waals surface area contributed by atoms with Crippen molar-refractivity contribution in [2.24, 2.45) is 5.92 Å². The molecule has 2 aliphatic heterocycles. The second kappa shape index (κ2) is 9.61. The largest absolute Gasteiger partial charge is 0.381 e. The zero-order chi connectivity index (χ0) is 21.8. The van der Waals surface area contributed by atoms with Crippen LogP contribution in [-0.4, -0.2) is 59.0 Å². The third-order valence-electron chi connectivity index (χ3n) is 5.95. The van der Waals surface area contributed by atoms with Crippen LogP contribution in [0.4, 0.5) is 5.69 Å². The molecule has 0 aliphatic carbocycles. The number of hydrogen-bond acceptors (Lipinski definition) is 7. The number of carbonyl (C=O) groups is 2. The molecule has 2 fully saturated rings. The van der Waals surface area contributed by atoms with E-state index in [0.717, 1.165) is 23.9 Å². The molecular weight excluding hydrogens is 400 g/mol. The van der Waals surface area contributed by atoms with E-state index in [0.29, 0.717) is 62.8 Å². The fourth-order valence-corrected chi connectivity index (χ4v) is 4.15. The number of aryl methyl sites for hydroxylation is 2. The summed E-state index contributed by atoms with van der Waals surface area (Å²) in [5.74, 6) is -0.745. The molecule has 0 bridgehead atoms. The molecule has 3 N–H and O–H groups in total. The molecule has 10 nitrogen and oxygen atoms in total. The highest BCUT2D eigenvalue weighted by Gasteiger charge is 2.26. The van der Waals surface area contributed by atoms with E-state index in [1.54, 1.807) is 13.1 Å². The molecule has 2 aromatic rings. The highest BCUT2D eigenvalue weighted by molar-refractivity contribution is 6.08. The zero-order valence-corrected chi connectivity index (χ0v) is 18.1. The quantitative estimate of drug-likeness (QED) is 0.616. The highest BCUT2D eigenvalue weighted by Crippen LogP contribution is 2.30. The summed E-state index contributed by atoms with van der Waals surface area (Å²) in [4.78, 5) is 30.2. The number of rotatable bonds is 5. The van der Waals surface area contributed by atoms with Crippen molar-refractivity contribution < 1.29 is 19.1 Å². The first-order valence-electron chi connectivity index (χ1n) is 11.0. The predicted octanol–water partition coefficient (Wildman–Crippen LogP) is 1.54. The van der Waals surface area contributed by atoms with E-state index in [9.17, 15) is 9.59 Å². The molecule has 31 heavy (non-hydrogen) atoms. The second-order valence-electron chi connectivity index (χ2n) is 8.01. The highest BCUT2D eigenvalue weighted by atomic mass is 16.5. The Bertz CT molecular complexity index is 947. The lowest BCUT2D eigenvalue weighted by molar-refractivity contribution is -0.128. The van der Waals surface area contributed by atoms with Crippen molar-refractivity contribution in [2.45, 2.75) is 52.1 Å². The fourth-order valence-electron chi connectivity index (χ4n) is 4.15. The van der Waals surface area contributed by atoms with Crippen LogP contribution in [0.1, 0.15) is 48.7 Å². The van der Waals surface area contributed by atoms with Crippen molar-refractivity contribution in [1.29, 1.82) is 0 Å². The molecule has 0 radical (unpaired) electrons. The first kappa shape index (κ1) is 21.5. The Hall–Kier alpha value is -2.72. The van der Waals surface area contributed by atoms with Crippen LogP contribution in [0.15, 0.2) is 6.20 Å². The van der Waals surface area contributed by atoms with E-state index < -0.39 is 5.91 Å². The smallest absolute Gasteiger partial charge is 0.273 e. The van der Waals surface area contributed by atoms with Crippen LogP contribution in [0.2, 0.25) is 0 Å². The fraction of sp³-hybridized carbons (Fsp3) is 0.619. The van der Waals surface area contributed by atoms with Crippen molar-refractivity contribution in [3.63, 3.8) is 0 Å². The first-order valence-corrected chi connectivity index (χ1v) is 11.0. The summed E-state index contributed by atoms with van der Waals surface area (Å²) in [7, 11) is 0. The maximum absolute atomic E-state index is 13.2. The van der Waals surface area contributed by atoms with E-state index in [4.69, 9.17) is 9.47 Å². The molecule has 4 rings (SSSR count). The van der Waals surface area contributed by atoms with E-state index in [1.807, 2.05) is 11.6 Å². The van der Waals surface area contributed by atoms with E-state index in [-0.39, 0.29) is 17.9 Å². The summed E-state index contributed by atoms with van der Waals surface area (Å²) < 4.78 is 12.6. The number of anilines is 1. The van der Waals surface area contributed by atoms with Crippen LogP contribution in [-0.2, 0) is 20.8 Å². The Balaban J connectivity index is 1.60. The van der Waals surface area contributed by atoms with Gasteiger partial charge in [-0.1, -0.05) is 0 Å². The van der Waals surface area contributed by atoms with Gasteiger partial charge in [0.25, 0.3) is 5.91 Å². The summed E-state index contributed by atoms with van der Waals surface area (Å²) in [5.41, 5.74) is 7.60. The molecule has 0 aromatic carbocycles. The first-order chi connectivity index (χ1) is 15.1. The number of nitrogens with zero attached hydrogens (tertiary/aromatic N) is 3. The molecular formula is C21H30N6O4. The van der Waals surface area contributed by atoms with E-state index in [2.05, 4.69) is 26.3 Å². The van der Waals surface area contributed by atoms with Crippen molar-refractivity contribution in [1.82, 2.24) is 25.6 Å². The van der Waals surface area contributed by atoms with Crippen LogP contribution in [0.3, 0.4) is 0 Å². The number of nitrogens with one attached hydrogen (secondary N) is 3. The van der Waals surface area contributed by atoms with Gasteiger partial charge < -0.3 is 14.8 Å². The van der Waals surface area contributed by atoms with Gasteiger partial charge >= 0.3 is 0 Å². The maximum atomic E-state index is 13.2. The normalized spacial score (nSPS) is 18.1. The maximum Gasteiger partial charge on any atom is 0.273 e. The lowest BCUT2D eigenvalue weighted by Gasteiger charge is -2.26. The average Bonchev–Trinajstić information content (AvgIpc) is 3.21. The number of amides is 2. The van der Waals surface area contributed by atoms with Crippen molar-refractivity contribution >= 4 is 28.5 Å². The summed E-state index contributed by atoms with van der Waals surface area (Å²) in [6.45, 7) is 6.97. The zero-order valence-electron chi connectivity index (χ0n) is 18.1. The van der Waals surface area contributed by atoms with Crippen molar-refractivity contribution in [3.8, 4) is 0 Å². The molecule has 168 valence electrons. The van der Waals surface area contributed by atoms with Gasteiger partial charge in [0.05, 0.1) is 28.5 Å². The Morgan fingerprint density at radius 3 is 2.45 bits per heavy atom. The molecule has 2 aromatic heterocycles. The molecule has 2 aliphatic rings. The summed E-state index contributed by atoms with van der Waals surface area (Å²) in [6, 6.07) is 0.187. The van der Waals surface area contributed by atoms with Gasteiger partial charge in [-0.2, -0.15) is 5.10 Å². The molecule has 2 amide bonds. The van der Waals surface area contributed by atoms with Gasteiger partial charge in [-0.25, -0.2) is 9.67 Å². The van der Waals surface area contributed by atoms with Gasteiger partial charge in [0.2, 0.25) is 5.91 Å². The van der Waals surface area contributed by atoms with Gasteiger partial charge in [-0.05, 0) is 39.5 Å². The lowest BCUT2D eigenvalue weighted by atomic mass is 10.00. The summed E-state index contributed by atoms with van der Waals surface area (Å²) in [5, 5.41) is 8.75. The molecule has 2 saturated heterocycles. The van der Waals surface area contributed by atoms with Crippen molar-refractivity contribution in [3.05, 3.63) is 17.5 Å². The summed E-state index contributed by atoms with van der Waals surface area (Å²) >= 11 is 0. The Kier molecular flexibility index (Phi) is 6.67. The van der Waals surface area contributed by atoms with Gasteiger partial charge in [0, 0.05) is 44.9 Å². The Morgan fingerprint density at radius 1 is 1.10 bits per heavy atom. The molecule has 0 spiro atoms. The van der Waals surface area contributed by atoms with Gasteiger partial charge in [-0.3, -0.25) is 20.4 Å². The third-order valence-corrected chi connectivity index (χ3v) is 5.95. The number of ether oxygens (including phenoxy) is 2. The monoisotopic (exact) mass is 430 g/mol. The van der Waals surface area contributed by atoms with Crippen LogP contribution in [0.25, 0.3) is 11.0 Å². The number of fused-ring (bicyclic) bond motifs is 1. The lowest BCUT2D eigenvalue weighted by Crippen LogP contribution is -2.46. The van der Waals surface area contributed by atoms with Crippen LogP contribution in [0, 0.1) is 12.8 Å². The minimum absolute atomic E-state index is 0.154. The van der Waals surface area contributed by atoms with Crippen LogP contribution >= 0.6 is 0 Å². The van der Waals surface area contributed by atoms with Crippen LogP contribution in [0.5, 0.6) is 0 Å². The molecule has 4 heterocycles. The van der Waals surface area contributed by atoms with Gasteiger partial charge in [0.15, 0.2) is 5.65 Å². The Morgan fingerprint density at radius 2 is 1.77 bits per heavy atom. The molecule has 10 heteroatoms. The van der Waals surface area contributed by atoms with Gasteiger partial charge in [-0.15, -0.1) is 0 Å². The number of hydrazine groups is 1. The second-order valence-corrected chi connectivity index (χ2v) is 8.01. The minimum Gasteiger partial charge on any atom is -0.381 e. The SMILES string of the molecule is CCn1ncc2c(NC3CCOCC3)c(C(=O)NNC(=O)C3CCOCC3)c(C)nc21. The molecule has 0 atom stereocenters.